The van der Waals surface area contributed by atoms with Crippen molar-refractivity contribution in [2.45, 2.75) is 67.7 Å². The summed E-state index contributed by atoms with van der Waals surface area (Å²) in [6.07, 6.45) is 10.1. The first-order valence-corrected chi connectivity index (χ1v) is 14.6. The molecule has 0 saturated heterocycles. The number of hydrogen-bond donors (Lipinski definition) is 1. The third kappa shape index (κ3) is 5.27. The molecule has 4 nitrogen and oxygen atoms in total. The molecule has 36 heavy (non-hydrogen) atoms. The maximum absolute atomic E-state index is 5.35. The molecule has 5 heteroatoms. The van der Waals surface area contributed by atoms with Crippen molar-refractivity contribution in [3.05, 3.63) is 69.9 Å². The molecule has 0 spiro atoms. The van der Waals surface area contributed by atoms with Gasteiger partial charge in [0, 0.05) is 19.0 Å². The molecule has 1 N–H and O–H groups in total. The van der Waals surface area contributed by atoms with Crippen LogP contribution < -0.4 is 0 Å². The van der Waals surface area contributed by atoms with Crippen LogP contribution in [0.15, 0.2) is 63.5 Å². The number of rotatable bonds is 7. The van der Waals surface area contributed by atoms with Crippen molar-refractivity contribution < 1.29 is 0 Å². The Labute approximate surface area is 221 Å². The van der Waals surface area contributed by atoms with Gasteiger partial charge in [-0.25, -0.2) is 9.98 Å². The highest BCUT2D eigenvalue weighted by atomic mass is 32.2. The lowest BCUT2D eigenvalue weighted by Gasteiger charge is -2.27. The Bertz CT molecular complexity index is 1290. The number of thioether (sulfide) groups is 1. The number of allylic oxidation sites excluding steroid dienone is 6. The fourth-order valence-corrected chi connectivity index (χ4v) is 6.26. The van der Waals surface area contributed by atoms with Gasteiger partial charge in [-0.15, -0.1) is 11.8 Å². The highest BCUT2D eigenvalue weighted by Gasteiger charge is 2.32. The number of nitrogens with one attached hydrogen (secondary N) is 1. The molecule has 1 aromatic carbocycles. The molecule has 0 bridgehead atoms. The lowest BCUT2D eigenvalue weighted by atomic mass is 9.95. The van der Waals surface area contributed by atoms with E-state index >= 15 is 0 Å². The number of aromatic amines is 1. The molecule has 1 aromatic heterocycles. The van der Waals surface area contributed by atoms with Crippen LogP contribution in [0.4, 0.5) is 0 Å². The van der Waals surface area contributed by atoms with Gasteiger partial charge in [-0.2, -0.15) is 0 Å². The summed E-state index contributed by atoms with van der Waals surface area (Å²) >= 11 is 1.80. The number of nitrogens with zero attached hydrogens (tertiary/aromatic N) is 3. The summed E-state index contributed by atoms with van der Waals surface area (Å²) < 4.78 is 0. The standard InChI is InChI=1S/C31H42N4S/c1-9-23(16-24(10-2)25-12-13-28-29(17-25)33-22(7)32-28)18-35(11-3)30-27-15-19(4)14-26(27)20(5)21(6)31(34-30)36-8/h10,12-13,16-17,19,21H,9,11,14-15,18H2,1-8H3,(H,32,33). The van der Waals surface area contributed by atoms with Gasteiger partial charge in [0.25, 0.3) is 0 Å². The highest BCUT2D eigenvalue weighted by molar-refractivity contribution is 8.13. The van der Waals surface area contributed by atoms with E-state index in [-0.39, 0.29) is 0 Å². The van der Waals surface area contributed by atoms with Crippen LogP contribution in [0.2, 0.25) is 0 Å². The summed E-state index contributed by atoms with van der Waals surface area (Å²) in [5.41, 5.74) is 10.6. The summed E-state index contributed by atoms with van der Waals surface area (Å²) in [6, 6.07) is 6.52. The Balaban J connectivity index is 1.70. The number of aromatic nitrogens is 2. The van der Waals surface area contributed by atoms with Crippen LogP contribution >= 0.6 is 11.8 Å². The molecule has 0 amide bonds. The number of imidazole rings is 1. The number of aryl methyl sites for hydroxylation is 1. The van der Waals surface area contributed by atoms with Gasteiger partial charge < -0.3 is 9.88 Å². The first kappa shape index (κ1) is 26.5. The molecule has 0 radical (unpaired) electrons. The SMILES string of the molecule is CC=C(C=C(CC)CN(CC)C1=C2CC(C)CC2=C(C)C(C)C(SC)=N1)c1ccc2nc(C)[nH]c2c1. The van der Waals surface area contributed by atoms with Crippen molar-refractivity contribution in [1.82, 2.24) is 14.9 Å². The Kier molecular flexibility index (Phi) is 8.29. The minimum absolute atomic E-state index is 0.392. The number of likely N-dealkylation sites (N-methyl/N-ethyl adjacent to an activating group) is 1. The van der Waals surface area contributed by atoms with E-state index in [0.29, 0.717) is 11.8 Å². The third-order valence-electron chi connectivity index (χ3n) is 7.79. The highest BCUT2D eigenvalue weighted by Crippen LogP contribution is 2.44. The van der Waals surface area contributed by atoms with Crippen LogP contribution in [0.3, 0.4) is 0 Å². The largest absolute Gasteiger partial charge is 0.353 e. The average molecular weight is 503 g/mol. The molecule has 2 unspecified atom stereocenters. The van der Waals surface area contributed by atoms with Crippen molar-refractivity contribution in [1.29, 1.82) is 0 Å². The lowest BCUT2D eigenvalue weighted by molar-refractivity contribution is 0.381. The summed E-state index contributed by atoms with van der Waals surface area (Å²) in [5, 5.41) is 1.24. The van der Waals surface area contributed by atoms with Gasteiger partial charge in [-0.3, -0.25) is 0 Å². The first-order chi connectivity index (χ1) is 17.3. The molecular weight excluding hydrogens is 460 g/mol. The molecule has 2 atom stereocenters. The third-order valence-corrected chi connectivity index (χ3v) is 8.66. The van der Waals surface area contributed by atoms with Crippen LogP contribution in [0.25, 0.3) is 16.6 Å². The minimum Gasteiger partial charge on any atom is -0.353 e. The second kappa shape index (κ2) is 11.2. The molecule has 2 heterocycles. The number of fused-ring (bicyclic) bond motifs is 2. The molecule has 1 fully saturated rings. The van der Waals surface area contributed by atoms with Crippen LogP contribution in [-0.2, 0) is 0 Å². The first-order valence-electron chi connectivity index (χ1n) is 13.4. The number of H-pyrrole nitrogens is 1. The van der Waals surface area contributed by atoms with E-state index in [1.54, 1.807) is 17.3 Å². The number of hydrogen-bond acceptors (Lipinski definition) is 4. The molecule has 1 aliphatic carbocycles. The van der Waals surface area contributed by atoms with Crippen molar-refractivity contribution in [2.75, 3.05) is 19.3 Å². The Morgan fingerprint density at radius 2 is 1.92 bits per heavy atom. The van der Waals surface area contributed by atoms with Gasteiger partial charge in [0.05, 0.1) is 16.1 Å². The maximum Gasteiger partial charge on any atom is 0.133 e. The smallest absolute Gasteiger partial charge is 0.133 e. The van der Waals surface area contributed by atoms with E-state index in [0.717, 1.165) is 42.8 Å². The maximum atomic E-state index is 5.35. The lowest BCUT2D eigenvalue weighted by Crippen LogP contribution is -2.26. The van der Waals surface area contributed by atoms with E-state index < -0.39 is 0 Å². The fourth-order valence-electron chi connectivity index (χ4n) is 5.55. The molecule has 2 aromatic rings. The summed E-state index contributed by atoms with van der Waals surface area (Å²) in [5.74, 6) is 3.24. The zero-order valence-corrected chi connectivity index (χ0v) is 24.1. The Morgan fingerprint density at radius 3 is 2.58 bits per heavy atom. The van der Waals surface area contributed by atoms with Crippen molar-refractivity contribution in [2.24, 2.45) is 16.8 Å². The predicted octanol–water partition coefficient (Wildman–Crippen LogP) is 8.30. The van der Waals surface area contributed by atoms with Crippen LogP contribution in [-0.4, -0.2) is 39.3 Å². The van der Waals surface area contributed by atoms with Crippen LogP contribution in [0.1, 0.15) is 72.2 Å². The van der Waals surface area contributed by atoms with Gasteiger partial charge in [-0.05, 0) is 93.5 Å². The molecule has 4 rings (SSSR count). The molecular formula is C31H42N4S. The quantitative estimate of drug-likeness (QED) is 0.387. The number of aliphatic imine (C=N–C) groups is 1. The molecule has 1 aliphatic heterocycles. The van der Waals surface area contributed by atoms with Gasteiger partial charge in [0.2, 0.25) is 0 Å². The predicted molar refractivity (Wildman–Crippen MR) is 158 cm³/mol. The van der Waals surface area contributed by atoms with Crippen molar-refractivity contribution in [3.63, 3.8) is 0 Å². The minimum atomic E-state index is 0.392. The molecule has 192 valence electrons. The molecule has 2 aliphatic rings. The monoisotopic (exact) mass is 502 g/mol. The fraction of sp³-hybridized carbons (Fsp3) is 0.484. The van der Waals surface area contributed by atoms with E-state index in [4.69, 9.17) is 4.99 Å². The second-order valence-corrected chi connectivity index (χ2v) is 11.1. The van der Waals surface area contributed by atoms with Crippen molar-refractivity contribution >= 4 is 33.4 Å². The normalized spacial score (nSPS) is 21.3. The average Bonchev–Trinajstić information content (AvgIpc) is 3.43. The van der Waals surface area contributed by atoms with E-state index in [1.165, 1.54) is 45.1 Å². The summed E-state index contributed by atoms with van der Waals surface area (Å²) in [6.45, 7) is 17.6. The van der Waals surface area contributed by atoms with E-state index in [1.807, 2.05) is 6.92 Å². The van der Waals surface area contributed by atoms with Gasteiger partial charge in [0.15, 0.2) is 0 Å². The van der Waals surface area contributed by atoms with E-state index in [2.05, 4.69) is 93.0 Å². The topological polar surface area (TPSA) is 44.3 Å². The van der Waals surface area contributed by atoms with E-state index in [9.17, 15) is 0 Å². The summed E-state index contributed by atoms with van der Waals surface area (Å²) in [7, 11) is 0. The summed E-state index contributed by atoms with van der Waals surface area (Å²) in [4.78, 5) is 15.8. The Morgan fingerprint density at radius 1 is 1.17 bits per heavy atom. The Hall–Kier alpha value is -2.53. The zero-order chi connectivity index (χ0) is 26.0. The van der Waals surface area contributed by atoms with Gasteiger partial charge >= 0.3 is 0 Å². The van der Waals surface area contributed by atoms with Crippen LogP contribution in [0, 0.1) is 18.8 Å². The van der Waals surface area contributed by atoms with Crippen molar-refractivity contribution in [3.8, 4) is 0 Å². The zero-order valence-electron chi connectivity index (χ0n) is 23.3. The van der Waals surface area contributed by atoms with Gasteiger partial charge in [0.1, 0.15) is 11.6 Å². The molecule has 1 saturated carbocycles. The van der Waals surface area contributed by atoms with Crippen LogP contribution in [0.5, 0.6) is 0 Å². The number of benzene rings is 1. The van der Waals surface area contributed by atoms with Gasteiger partial charge in [-0.1, -0.05) is 50.1 Å². The second-order valence-electron chi connectivity index (χ2n) is 10.3.